The summed E-state index contributed by atoms with van der Waals surface area (Å²) in [5.74, 6) is -1.89. The summed E-state index contributed by atoms with van der Waals surface area (Å²) in [4.78, 5) is 71.2. The van der Waals surface area contributed by atoms with Crippen molar-refractivity contribution in [2.45, 2.75) is 108 Å². The molecular weight excluding hydrogens is 502 g/mol. The van der Waals surface area contributed by atoms with Gasteiger partial charge in [-0.1, -0.05) is 19.8 Å². The summed E-state index contributed by atoms with van der Waals surface area (Å²) in [6.07, 6.45) is 6.15. The summed E-state index contributed by atoms with van der Waals surface area (Å²) in [6.45, 7) is 5.21. The Morgan fingerprint density at radius 1 is 1.10 bits per heavy atom. The maximum absolute atomic E-state index is 13.7. The highest BCUT2D eigenvalue weighted by atomic mass is 16.3. The fraction of sp³-hybridized carbons (Fsp3) is 0.643. The van der Waals surface area contributed by atoms with Crippen LogP contribution in [0.15, 0.2) is 24.5 Å². The molecule has 0 unspecified atom stereocenters. The molecule has 39 heavy (non-hydrogen) atoms. The Labute approximate surface area is 229 Å². The number of carbonyl (C=O) groups is 5. The molecule has 2 aliphatic rings. The van der Waals surface area contributed by atoms with Crippen molar-refractivity contribution >= 4 is 29.4 Å². The summed E-state index contributed by atoms with van der Waals surface area (Å²) >= 11 is 0. The molecule has 0 bridgehead atoms. The van der Waals surface area contributed by atoms with E-state index in [1.54, 1.807) is 38.4 Å². The smallest absolute Gasteiger partial charge is 0.246 e. The highest BCUT2D eigenvalue weighted by Gasteiger charge is 2.43. The summed E-state index contributed by atoms with van der Waals surface area (Å²) in [5, 5.41) is 17.9. The SMILES string of the molecule is CC[C@]1(C)NC(=O)[C@H](CCCCCC(=O)[C@@H](C)O)NC(=O)[C@H]2CCCN2C(=O)[C@H](Cc2ccncc2)NC1=O. The average Bonchev–Trinajstić information content (AvgIpc) is 3.41. The minimum absolute atomic E-state index is 0.228. The molecule has 0 aromatic carbocycles. The fourth-order valence-electron chi connectivity index (χ4n) is 5.01. The van der Waals surface area contributed by atoms with E-state index in [1.165, 1.54) is 11.8 Å². The number of carbonyl (C=O) groups excluding carboxylic acids is 5. The number of fused-ring (bicyclic) bond motifs is 1. The van der Waals surface area contributed by atoms with E-state index in [0.717, 1.165) is 5.56 Å². The molecule has 1 aromatic heterocycles. The number of Topliss-reactive ketones (excluding diaryl/α,β-unsaturated/α-hetero) is 1. The number of nitrogens with zero attached hydrogens (tertiary/aromatic N) is 2. The molecule has 5 atom stereocenters. The first-order valence-corrected chi connectivity index (χ1v) is 13.9. The predicted octanol–water partition coefficient (Wildman–Crippen LogP) is 0.784. The fourth-order valence-corrected chi connectivity index (χ4v) is 5.01. The lowest BCUT2D eigenvalue weighted by Crippen LogP contribution is -2.65. The third-order valence-corrected chi connectivity index (χ3v) is 7.75. The van der Waals surface area contributed by atoms with Gasteiger partial charge in [0.05, 0.1) is 0 Å². The minimum atomic E-state index is -1.30. The molecule has 3 heterocycles. The zero-order chi connectivity index (χ0) is 28.6. The molecular formula is C28H41N5O6. The van der Waals surface area contributed by atoms with Crippen LogP contribution in [0.2, 0.25) is 0 Å². The molecule has 2 aliphatic heterocycles. The van der Waals surface area contributed by atoms with E-state index >= 15 is 0 Å². The molecule has 11 nitrogen and oxygen atoms in total. The summed E-state index contributed by atoms with van der Waals surface area (Å²) in [7, 11) is 0. The van der Waals surface area contributed by atoms with Crippen molar-refractivity contribution < 1.29 is 29.1 Å². The van der Waals surface area contributed by atoms with Crippen molar-refractivity contribution in [1.29, 1.82) is 0 Å². The zero-order valence-electron chi connectivity index (χ0n) is 23.1. The Balaban J connectivity index is 1.81. The third kappa shape index (κ3) is 7.84. The number of nitrogens with one attached hydrogen (secondary N) is 3. The van der Waals surface area contributed by atoms with E-state index in [1.807, 2.05) is 0 Å². The number of unbranched alkanes of at least 4 members (excludes halogenated alkanes) is 2. The van der Waals surface area contributed by atoms with Crippen LogP contribution >= 0.6 is 0 Å². The molecule has 2 fully saturated rings. The molecule has 0 radical (unpaired) electrons. The van der Waals surface area contributed by atoms with Gasteiger partial charge in [0, 0.05) is 31.8 Å². The second-order valence-electron chi connectivity index (χ2n) is 10.8. The number of aliphatic hydroxyl groups is 1. The Kier molecular flexibility index (Phi) is 10.6. The van der Waals surface area contributed by atoms with E-state index in [9.17, 15) is 29.1 Å². The van der Waals surface area contributed by atoms with Gasteiger partial charge in [-0.15, -0.1) is 0 Å². The van der Waals surface area contributed by atoms with E-state index in [-0.39, 0.29) is 31.0 Å². The summed E-state index contributed by atoms with van der Waals surface area (Å²) < 4.78 is 0. The first kappa shape index (κ1) is 30.2. The number of aromatic nitrogens is 1. The number of hydrogen-bond donors (Lipinski definition) is 4. The van der Waals surface area contributed by atoms with Gasteiger partial charge in [-0.3, -0.25) is 29.0 Å². The van der Waals surface area contributed by atoms with E-state index in [4.69, 9.17) is 0 Å². The minimum Gasteiger partial charge on any atom is -0.386 e. The van der Waals surface area contributed by atoms with Crippen molar-refractivity contribution in [2.24, 2.45) is 0 Å². The quantitative estimate of drug-likeness (QED) is 0.318. The van der Waals surface area contributed by atoms with Crippen molar-refractivity contribution in [3.05, 3.63) is 30.1 Å². The standard InChI is InChI=1S/C28H41N5O6/c1-4-28(3)27(39)31-21(17-19-12-14-29-15-13-19)26(38)33-16-8-10-22(33)25(37)30-20(24(36)32-28)9-6-5-7-11-23(35)18(2)34/h12-15,18,20-22,34H,4-11,16-17H2,1-3H3,(H,30,37)(H,31,39)(H,32,36)/t18-,20+,21+,22-,28+/m1/s1. The Morgan fingerprint density at radius 3 is 2.49 bits per heavy atom. The van der Waals surface area contributed by atoms with Gasteiger partial charge in [0.1, 0.15) is 29.8 Å². The molecule has 214 valence electrons. The summed E-state index contributed by atoms with van der Waals surface area (Å²) in [5.41, 5.74) is -0.488. The van der Waals surface area contributed by atoms with Gasteiger partial charge in [-0.25, -0.2) is 0 Å². The van der Waals surface area contributed by atoms with E-state index in [2.05, 4.69) is 20.9 Å². The average molecular weight is 544 g/mol. The first-order valence-electron chi connectivity index (χ1n) is 13.9. The van der Waals surface area contributed by atoms with Crippen LogP contribution in [-0.4, -0.2) is 80.7 Å². The largest absolute Gasteiger partial charge is 0.386 e. The van der Waals surface area contributed by atoms with Gasteiger partial charge < -0.3 is 26.0 Å². The lowest BCUT2D eigenvalue weighted by molar-refractivity contribution is -0.144. The second-order valence-corrected chi connectivity index (χ2v) is 10.8. The van der Waals surface area contributed by atoms with Gasteiger partial charge in [0.15, 0.2) is 5.78 Å². The van der Waals surface area contributed by atoms with Gasteiger partial charge in [0.25, 0.3) is 0 Å². The Morgan fingerprint density at radius 2 is 1.82 bits per heavy atom. The van der Waals surface area contributed by atoms with Crippen molar-refractivity contribution in [2.75, 3.05) is 6.54 Å². The molecule has 0 aliphatic carbocycles. The molecule has 11 heteroatoms. The maximum atomic E-state index is 13.7. The topological polar surface area (TPSA) is 158 Å². The number of rotatable bonds is 10. The Bertz CT molecular complexity index is 1050. The van der Waals surface area contributed by atoms with Crippen LogP contribution in [0.25, 0.3) is 0 Å². The molecule has 0 saturated carbocycles. The first-order chi connectivity index (χ1) is 18.6. The second kappa shape index (κ2) is 13.6. The summed E-state index contributed by atoms with van der Waals surface area (Å²) in [6, 6.07) is 1.01. The van der Waals surface area contributed by atoms with Gasteiger partial charge in [-0.05, 0) is 63.6 Å². The number of pyridine rings is 1. The van der Waals surface area contributed by atoms with Crippen LogP contribution in [0.5, 0.6) is 0 Å². The van der Waals surface area contributed by atoms with Gasteiger partial charge in [0.2, 0.25) is 23.6 Å². The highest BCUT2D eigenvalue weighted by molar-refractivity contribution is 5.99. The van der Waals surface area contributed by atoms with Crippen molar-refractivity contribution in [1.82, 2.24) is 25.8 Å². The van der Waals surface area contributed by atoms with Gasteiger partial charge >= 0.3 is 0 Å². The molecule has 3 rings (SSSR count). The van der Waals surface area contributed by atoms with Crippen LogP contribution in [0.1, 0.15) is 77.7 Å². The lowest BCUT2D eigenvalue weighted by Gasteiger charge is -2.35. The monoisotopic (exact) mass is 543 g/mol. The molecule has 1 aromatic rings. The molecule has 4 N–H and O–H groups in total. The zero-order valence-corrected chi connectivity index (χ0v) is 23.1. The molecule has 0 spiro atoms. The number of ketones is 1. The Hall–Kier alpha value is -3.34. The van der Waals surface area contributed by atoms with Gasteiger partial charge in [-0.2, -0.15) is 0 Å². The van der Waals surface area contributed by atoms with Crippen LogP contribution in [0.3, 0.4) is 0 Å². The van der Waals surface area contributed by atoms with Crippen LogP contribution in [0.4, 0.5) is 0 Å². The predicted molar refractivity (Wildman–Crippen MR) is 143 cm³/mol. The van der Waals surface area contributed by atoms with Crippen LogP contribution in [0, 0.1) is 0 Å². The number of amides is 4. The molecule has 4 amide bonds. The van der Waals surface area contributed by atoms with Crippen molar-refractivity contribution in [3.8, 4) is 0 Å². The van der Waals surface area contributed by atoms with E-state index < -0.39 is 47.5 Å². The number of hydrogen-bond acceptors (Lipinski definition) is 7. The third-order valence-electron chi connectivity index (χ3n) is 7.75. The van der Waals surface area contributed by atoms with Crippen molar-refractivity contribution in [3.63, 3.8) is 0 Å². The van der Waals surface area contributed by atoms with Crippen LogP contribution in [-0.2, 0) is 30.4 Å². The number of aliphatic hydroxyl groups excluding tert-OH is 1. The molecule has 2 saturated heterocycles. The lowest BCUT2D eigenvalue weighted by atomic mass is 9.94. The highest BCUT2D eigenvalue weighted by Crippen LogP contribution is 2.22. The normalized spacial score (nSPS) is 27.0. The maximum Gasteiger partial charge on any atom is 0.246 e. The van der Waals surface area contributed by atoms with E-state index in [0.29, 0.717) is 45.1 Å². The van der Waals surface area contributed by atoms with Crippen LogP contribution < -0.4 is 16.0 Å².